The number of carbonyl (C=O) groups is 1. The number of methoxy groups -OCH3 is 1. The zero-order chi connectivity index (χ0) is 25.2. The normalized spacial score (nSPS) is 47.2. The van der Waals surface area contributed by atoms with Crippen LogP contribution in [0.4, 0.5) is 4.79 Å². The van der Waals surface area contributed by atoms with Crippen molar-refractivity contribution in [3.05, 3.63) is 11.3 Å². The first-order valence-electron chi connectivity index (χ1n) is 14.4. The van der Waals surface area contributed by atoms with Crippen LogP contribution in [0.15, 0.2) is 11.3 Å². The highest BCUT2D eigenvalue weighted by atomic mass is 16.5. The summed E-state index contributed by atoms with van der Waals surface area (Å²) in [5.74, 6) is 4.58. The third-order valence-electron chi connectivity index (χ3n) is 12.2. The second kappa shape index (κ2) is 8.96. The van der Waals surface area contributed by atoms with Crippen LogP contribution in [0.1, 0.15) is 98.8 Å². The predicted octanol–water partition coefficient (Wildman–Crippen LogP) is 6.45. The van der Waals surface area contributed by atoms with Crippen LogP contribution in [-0.2, 0) is 9.47 Å². The third-order valence-corrected chi connectivity index (χ3v) is 12.2. The Morgan fingerprint density at radius 1 is 1.17 bits per heavy atom. The first-order chi connectivity index (χ1) is 16.5. The van der Waals surface area contributed by atoms with Crippen LogP contribution in [0.25, 0.3) is 0 Å². The van der Waals surface area contributed by atoms with Gasteiger partial charge < -0.3 is 19.9 Å². The van der Waals surface area contributed by atoms with E-state index in [2.05, 4.69) is 39.9 Å². The first kappa shape index (κ1) is 25.4. The molecule has 1 heterocycles. The van der Waals surface area contributed by atoms with Crippen LogP contribution in [0.2, 0.25) is 0 Å². The van der Waals surface area contributed by atoms with E-state index in [-0.39, 0.29) is 12.2 Å². The molecule has 0 aromatic heterocycles. The van der Waals surface area contributed by atoms with Crippen LogP contribution in [0.3, 0.4) is 0 Å². The summed E-state index contributed by atoms with van der Waals surface area (Å²) in [6.07, 6.45) is 11.6. The largest absolute Gasteiger partial charge is 0.494 e. The van der Waals surface area contributed by atoms with Gasteiger partial charge in [0.2, 0.25) is 0 Å². The minimum Gasteiger partial charge on any atom is -0.494 e. The molecular weight excluding hydrogens is 438 g/mol. The Kier molecular flexibility index (Phi) is 6.51. The van der Waals surface area contributed by atoms with E-state index in [0.29, 0.717) is 40.7 Å². The van der Waals surface area contributed by atoms with E-state index in [4.69, 9.17) is 9.47 Å². The van der Waals surface area contributed by atoms with Crippen LogP contribution in [-0.4, -0.2) is 37.1 Å². The lowest BCUT2D eigenvalue weighted by molar-refractivity contribution is -0.168. The highest BCUT2D eigenvalue weighted by Crippen LogP contribution is 2.72. The molecule has 35 heavy (non-hydrogen) atoms. The monoisotopic (exact) mass is 487 g/mol. The van der Waals surface area contributed by atoms with Crippen molar-refractivity contribution in [2.24, 2.45) is 45.8 Å². The molecule has 0 aromatic rings. The Morgan fingerprint density at radius 2 is 1.94 bits per heavy atom. The van der Waals surface area contributed by atoms with Gasteiger partial charge in [0.05, 0.1) is 19.0 Å². The summed E-state index contributed by atoms with van der Waals surface area (Å²) >= 11 is 0. The molecule has 1 amide bonds. The second-order valence-corrected chi connectivity index (χ2v) is 13.8. The molecule has 5 aliphatic rings. The number of fused-ring (bicyclic) bond motifs is 7. The number of ether oxygens (including phenoxy) is 2. The van der Waals surface area contributed by atoms with Gasteiger partial charge in [-0.1, -0.05) is 27.7 Å². The van der Waals surface area contributed by atoms with Gasteiger partial charge in [-0.25, -0.2) is 4.79 Å². The fraction of sp³-hybridized carbons (Fsp3) is 0.900. The Bertz CT molecular complexity index is 870. The molecule has 0 radical (unpaired) electrons. The van der Waals surface area contributed by atoms with Gasteiger partial charge in [0.15, 0.2) is 0 Å². The molecule has 0 bridgehead atoms. The van der Waals surface area contributed by atoms with Gasteiger partial charge >= 0.3 is 6.09 Å². The number of allylic oxidation sites excluding steroid dienone is 1. The molecule has 10 atom stereocenters. The summed E-state index contributed by atoms with van der Waals surface area (Å²) in [5, 5.41) is 13.3. The molecule has 4 fully saturated rings. The Balaban J connectivity index is 1.28. The number of alkyl carbamates (subject to hydrolysis) is 1. The summed E-state index contributed by atoms with van der Waals surface area (Å²) < 4.78 is 11.4. The molecule has 5 rings (SSSR count). The number of aliphatic hydroxyl groups excluding tert-OH is 1. The lowest BCUT2D eigenvalue weighted by Gasteiger charge is -2.65. The molecule has 0 saturated heterocycles. The van der Waals surface area contributed by atoms with Crippen molar-refractivity contribution in [1.29, 1.82) is 0 Å². The van der Waals surface area contributed by atoms with Gasteiger partial charge in [-0.3, -0.25) is 0 Å². The standard InChI is InChI=1S/C30H49NO4/c1-18(17-31-27(33)34-6)7-8-24-19(2)26-25(35-24)15-23-21-10-12-28(3)16-20(32)9-14-30(28,5)22(21)11-13-29(23,26)4/h18,20-23,25-26,32H,7-17H2,1-6H3,(H,31,33)/t18-,20?,21?,22-,23-,25-,26?,28-,29?,30+/m0/s1. The van der Waals surface area contributed by atoms with Crippen LogP contribution < -0.4 is 5.32 Å². The number of hydrogen-bond donors (Lipinski definition) is 2. The van der Waals surface area contributed by atoms with Crippen molar-refractivity contribution in [3.8, 4) is 0 Å². The van der Waals surface area contributed by atoms with Gasteiger partial charge in [0.1, 0.15) is 6.10 Å². The van der Waals surface area contributed by atoms with E-state index in [0.717, 1.165) is 43.4 Å². The maximum absolute atomic E-state index is 11.4. The molecule has 1 aliphatic heterocycles. The number of carbonyl (C=O) groups excluding carboxylic acids is 1. The Morgan fingerprint density at radius 3 is 2.69 bits per heavy atom. The average molecular weight is 488 g/mol. The lowest BCUT2D eigenvalue weighted by atomic mass is 9.40. The van der Waals surface area contributed by atoms with Crippen molar-refractivity contribution in [2.75, 3.05) is 13.7 Å². The van der Waals surface area contributed by atoms with Crippen molar-refractivity contribution in [3.63, 3.8) is 0 Å². The minimum absolute atomic E-state index is 0.0945. The van der Waals surface area contributed by atoms with E-state index in [1.54, 1.807) is 0 Å². The van der Waals surface area contributed by atoms with E-state index in [1.807, 2.05) is 0 Å². The Labute approximate surface area is 212 Å². The zero-order valence-corrected chi connectivity index (χ0v) is 23.0. The second-order valence-electron chi connectivity index (χ2n) is 13.8. The van der Waals surface area contributed by atoms with Crippen LogP contribution in [0.5, 0.6) is 0 Å². The zero-order valence-electron chi connectivity index (χ0n) is 23.0. The number of amides is 1. The quantitative estimate of drug-likeness (QED) is 0.467. The van der Waals surface area contributed by atoms with Crippen LogP contribution in [0, 0.1) is 45.8 Å². The van der Waals surface area contributed by atoms with Gasteiger partial charge in [-0.05, 0) is 110 Å². The summed E-state index contributed by atoms with van der Waals surface area (Å²) in [7, 11) is 1.41. The van der Waals surface area contributed by atoms with E-state index in [1.165, 1.54) is 57.0 Å². The van der Waals surface area contributed by atoms with Crippen LogP contribution >= 0.6 is 0 Å². The van der Waals surface area contributed by atoms with Gasteiger partial charge in [0.25, 0.3) is 0 Å². The molecule has 4 unspecified atom stereocenters. The van der Waals surface area contributed by atoms with E-state index in [9.17, 15) is 9.90 Å². The molecule has 4 saturated carbocycles. The fourth-order valence-corrected chi connectivity index (χ4v) is 10.0. The molecule has 5 heteroatoms. The molecule has 5 nitrogen and oxygen atoms in total. The van der Waals surface area contributed by atoms with Gasteiger partial charge in [-0.2, -0.15) is 0 Å². The highest BCUT2D eigenvalue weighted by molar-refractivity contribution is 5.66. The molecule has 2 N–H and O–H groups in total. The average Bonchev–Trinajstić information content (AvgIpc) is 3.30. The maximum Gasteiger partial charge on any atom is 0.406 e. The minimum atomic E-state index is -0.352. The first-order valence-corrected chi connectivity index (χ1v) is 14.4. The summed E-state index contributed by atoms with van der Waals surface area (Å²) in [6, 6.07) is 0. The van der Waals surface area contributed by atoms with Crippen molar-refractivity contribution < 1.29 is 19.4 Å². The van der Waals surface area contributed by atoms with Gasteiger partial charge in [-0.15, -0.1) is 0 Å². The van der Waals surface area contributed by atoms with Crippen molar-refractivity contribution >= 4 is 6.09 Å². The summed E-state index contributed by atoms with van der Waals surface area (Å²) in [4.78, 5) is 11.4. The Hall–Kier alpha value is -1.23. The SMILES string of the molecule is COC(=O)NC[C@@H](C)CCC1=C(C)C2[C@H](C[C@H]3C4CC[C@@]5(C)CC(O)CC[C@]5(C)[C@H]4CCC23C)O1. The van der Waals surface area contributed by atoms with E-state index >= 15 is 0 Å². The summed E-state index contributed by atoms with van der Waals surface area (Å²) in [5.41, 5.74) is 2.54. The number of rotatable bonds is 5. The molecular formula is C30H49NO4. The van der Waals surface area contributed by atoms with Crippen molar-refractivity contribution in [2.45, 2.75) is 111 Å². The molecule has 0 spiro atoms. The highest BCUT2D eigenvalue weighted by Gasteiger charge is 2.66. The third kappa shape index (κ3) is 3.94. The summed E-state index contributed by atoms with van der Waals surface area (Å²) in [6.45, 7) is 12.8. The van der Waals surface area contributed by atoms with Crippen molar-refractivity contribution in [1.82, 2.24) is 5.32 Å². The number of hydrogen-bond acceptors (Lipinski definition) is 4. The predicted molar refractivity (Wildman–Crippen MR) is 138 cm³/mol. The topological polar surface area (TPSA) is 67.8 Å². The maximum atomic E-state index is 11.4. The molecule has 4 aliphatic carbocycles. The lowest BCUT2D eigenvalue weighted by Crippen LogP contribution is -2.58. The smallest absolute Gasteiger partial charge is 0.406 e. The van der Waals surface area contributed by atoms with Gasteiger partial charge in [0, 0.05) is 18.9 Å². The van der Waals surface area contributed by atoms with E-state index < -0.39 is 0 Å². The fourth-order valence-electron chi connectivity index (χ4n) is 10.0. The number of nitrogens with one attached hydrogen (secondary N) is 1. The molecule has 0 aromatic carbocycles. The molecule has 198 valence electrons. The number of aliphatic hydroxyl groups is 1.